The van der Waals surface area contributed by atoms with Gasteiger partial charge in [0.25, 0.3) is 5.91 Å². The summed E-state index contributed by atoms with van der Waals surface area (Å²) in [4.78, 5) is 27.4. The first-order valence-electron chi connectivity index (χ1n) is 10.5. The number of aromatic amines is 1. The van der Waals surface area contributed by atoms with E-state index in [4.69, 9.17) is 4.98 Å². The quantitative estimate of drug-likeness (QED) is 0.508. The molecule has 1 aliphatic rings. The molecule has 2 aromatic carbocycles. The number of H-pyrrole nitrogens is 1. The second-order valence-corrected chi connectivity index (χ2v) is 8.09. The van der Waals surface area contributed by atoms with Gasteiger partial charge in [-0.15, -0.1) is 0 Å². The summed E-state index contributed by atoms with van der Waals surface area (Å²) in [5, 5.41) is 1.03. The highest BCUT2D eigenvalue weighted by Gasteiger charge is 2.28. The van der Waals surface area contributed by atoms with Crippen LogP contribution in [0.25, 0.3) is 22.0 Å². The number of carbonyl (C=O) groups is 1. The van der Waals surface area contributed by atoms with Gasteiger partial charge in [0.05, 0.1) is 5.69 Å². The number of halogens is 1. The van der Waals surface area contributed by atoms with Crippen molar-refractivity contribution in [3.63, 3.8) is 0 Å². The minimum absolute atomic E-state index is 0.0434. The van der Waals surface area contributed by atoms with Crippen LogP contribution in [0.5, 0.6) is 0 Å². The molecule has 4 aromatic rings. The fourth-order valence-corrected chi connectivity index (χ4v) is 4.40. The average molecular weight is 414 g/mol. The summed E-state index contributed by atoms with van der Waals surface area (Å²) in [5.74, 6) is 0.576. The molecule has 1 unspecified atom stereocenters. The number of fused-ring (bicyclic) bond motifs is 1. The molecule has 1 N–H and O–H groups in total. The Bertz CT molecular complexity index is 1250. The molecular weight excluding hydrogens is 391 g/mol. The number of piperidine rings is 1. The number of carbonyl (C=O) groups excluding carboxylic acids is 1. The van der Waals surface area contributed by atoms with Gasteiger partial charge in [0.2, 0.25) is 0 Å². The molecule has 3 heterocycles. The van der Waals surface area contributed by atoms with E-state index in [-0.39, 0.29) is 17.6 Å². The number of nitrogens with zero attached hydrogens (tertiary/aromatic N) is 3. The smallest absolute Gasteiger partial charge is 0.253 e. The predicted molar refractivity (Wildman–Crippen MR) is 118 cm³/mol. The minimum atomic E-state index is -0.271. The fourth-order valence-electron chi connectivity index (χ4n) is 4.40. The third-order valence-electron chi connectivity index (χ3n) is 5.99. The number of aromatic nitrogens is 3. The Labute approximate surface area is 180 Å². The summed E-state index contributed by atoms with van der Waals surface area (Å²) in [5.41, 5.74) is 4.44. The van der Waals surface area contributed by atoms with Gasteiger partial charge >= 0.3 is 0 Å². The number of nitrogens with one attached hydrogen (secondary N) is 1. The number of amides is 1. The molecule has 6 heteroatoms. The Balaban J connectivity index is 1.44. The first-order chi connectivity index (χ1) is 15.1. The Hall–Kier alpha value is -3.54. The van der Waals surface area contributed by atoms with Crippen LogP contribution in [-0.4, -0.2) is 38.8 Å². The number of benzene rings is 2. The lowest BCUT2D eigenvalue weighted by Crippen LogP contribution is -2.39. The van der Waals surface area contributed by atoms with Crippen molar-refractivity contribution in [3.05, 3.63) is 83.8 Å². The zero-order valence-electron chi connectivity index (χ0n) is 17.3. The van der Waals surface area contributed by atoms with Gasteiger partial charge in [-0.1, -0.05) is 12.1 Å². The van der Waals surface area contributed by atoms with E-state index < -0.39 is 0 Å². The van der Waals surface area contributed by atoms with Crippen molar-refractivity contribution in [2.45, 2.75) is 25.7 Å². The zero-order chi connectivity index (χ0) is 21.4. The molecule has 31 heavy (non-hydrogen) atoms. The first-order valence-corrected chi connectivity index (χ1v) is 10.5. The van der Waals surface area contributed by atoms with Crippen molar-refractivity contribution in [1.29, 1.82) is 0 Å². The monoisotopic (exact) mass is 414 g/mol. The topological polar surface area (TPSA) is 61.9 Å². The van der Waals surface area contributed by atoms with Crippen LogP contribution in [0.2, 0.25) is 0 Å². The highest BCUT2D eigenvalue weighted by Crippen LogP contribution is 2.33. The molecule has 1 saturated heterocycles. The lowest BCUT2D eigenvalue weighted by atomic mass is 9.89. The van der Waals surface area contributed by atoms with Crippen LogP contribution < -0.4 is 0 Å². The Morgan fingerprint density at radius 2 is 2.00 bits per heavy atom. The van der Waals surface area contributed by atoms with E-state index in [0.29, 0.717) is 17.9 Å². The van der Waals surface area contributed by atoms with Crippen molar-refractivity contribution in [2.75, 3.05) is 13.1 Å². The lowest BCUT2D eigenvalue weighted by Gasteiger charge is -2.33. The van der Waals surface area contributed by atoms with Gasteiger partial charge in [-0.2, -0.15) is 0 Å². The van der Waals surface area contributed by atoms with Gasteiger partial charge in [-0.25, -0.2) is 14.4 Å². The number of aryl methyl sites for hydroxylation is 1. The van der Waals surface area contributed by atoms with Crippen molar-refractivity contribution in [2.24, 2.45) is 0 Å². The summed E-state index contributed by atoms with van der Waals surface area (Å²) < 4.78 is 13.4. The highest BCUT2D eigenvalue weighted by molar-refractivity contribution is 5.98. The van der Waals surface area contributed by atoms with Crippen LogP contribution >= 0.6 is 0 Å². The maximum Gasteiger partial charge on any atom is 0.253 e. The molecule has 2 aromatic heterocycles. The minimum Gasteiger partial charge on any atom is -0.361 e. The van der Waals surface area contributed by atoms with Gasteiger partial charge in [0, 0.05) is 53.4 Å². The second kappa shape index (κ2) is 7.95. The summed E-state index contributed by atoms with van der Waals surface area (Å²) in [6.45, 7) is 3.21. The molecule has 156 valence electrons. The largest absolute Gasteiger partial charge is 0.361 e. The fraction of sp³-hybridized carbons (Fsp3) is 0.240. The predicted octanol–water partition coefficient (Wildman–Crippen LogP) is 5.09. The van der Waals surface area contributed by atoms with E-state index >= 15 is 0 Å². The second-order valence-electron chi connectivity index (χ2n) is 8.09. The van der Waals surface area contributed by atoms with Gasteiger partial charge in [0.1, 0.15) is 11.6 Å². The molecule has 0 spiro atoms. The summed E-state index contributed by atoms with van der Waals surface area (Å²) in [7, 11) is 0. The first kappa shape index (κ1) is 19.4. The van der Waals surface area contributed by atoms with E-state index in [9.17, 15) is 9.18 Å². The van der Waals surface area contributed by atoms with Crippen LogP contribution in [-0.2, 0) is 0 Å². The standard InChI is InChI=1S/C25H23FN4O/c1-16-28-14-22(17-4-7-21(26)8-5-17)24(29-16)20-3-2-12-30(15-20)25(31)19-6-9-23-18(13-19)10-11-27-23/h4-11,13-14,20,27H,2-3,12,15H2,1H3. The lowest BCUT2D eigenvalue weighted by molar-refractivity contribution is 0.0706. The van der Waals surface area contributed by atoms with Crippen LogP contribution in [0.1, 0.15) is 40.6 Å². The number of likely N-dealkylation sites (tertiary alicyclic amines) is 1. The third kappa shape index (κ3) is 3.81. The Morgan fingerprint density at radius 1 is 1.16 bits per heavy atom. The van der Waals surface area contributed by atoms with Crippen molar-refractivity contribution >= 4 is 16.8 Å². The summed E-state index contributed by atoms with van der Waals surface area (Å²) in [6, 6.07) is 14.2. The molecule has 0 bridgehead atoms. The molecule has 0 radical (unpaired) electrons. The van der Waals surface area contributed by atoms with Crippen molar-refractivity contribution in [1.82, 2.24) is 19.9 Å². The maximum atomic E-state index is 13.4. The van der Waals surface area contributed by atoms with Gasteiger partial charge in [-0.3, -0.25) is 4.79 Å². The Morgan fingerprint density at radius 3 is 2.84 bits per heavy atom. The van der Waals surface area contributed by atoms with Gasteiger partial charge in [-0.05, 0) is 61.7 Å². The van der Waals surface area contributed by atoms with E-state index in [1.54, 1.807) is 12.1 Å². The van der Waals surface area contributed by atoms with E-state index in [0.717, 1.165) is 47.1 Å². The molecular formula is C25H23FN4O. The molecule has 1 fully saturated rings. The van der Waals surface area contributed by atoms with Crippen LogP contribution in [0.15, 0.2) is 60.9 Å². The molecule has 0 aliphatic carbocycles. The normalized spacial score (nSPS) is 16.6. The molecule has 5 rings (SSSR count). The van der Waals surface area contributed by atoms with Gasteiger partial charge in [0.15, 0.2) is 0 Å². The molecule has 1 amide bonds. The highest BCUT2D eigenvalue weighted by atomic mass is 19.1. The SMILES string of the molecule is Cc1ncc(-c2ccc(F)cc2)c(C2CCCN(C(=O)c3ccc4[nH]ccc4c3)C2)n1. The van der Waals surface area contributed by atoms with E-state index in [2.05, 4.69) is 9.97 Å². The summed E-state index contributed by atoms with van der Waals surface area (Å²) in [6.07, 6.45) is 5.55. The number of rotatable bonds is 3. The Kier molecular flexibility index (Phi) is 4.98. The molecule has 1 aliphatic heterocycles. The number of hydrogen-bond acceptors (Lipinski definition) is 3. The van der Waals surface area contributed by atoms with Crippen LogP contribution in [0, 0.1) is 12.7 Å². The van der Waals surface area contributed by atoms with E-state index in [1.807, 2.05) is 48.5 Å². The maximum absolute atomic E-state index is 13.4. The van der Waals surface area contributed by atoms with Gasteiger partial charge < -0.3 is 9.88 Å². The molecule has 0 saturated carbocycles. The van der Waals surface area contributed by atoms with E-state index in [1.165, 1.54) is 12.1 Å². The molecule has 1 atom stereocenters. The zero-order valence-corrected chi connectivity index (χ0v) is 17.3. The van der Waals surface area contributed by atoms with Crippen LogP contribution in [0.3, 0.4) is 0 Å². The van der Waals surface area contributed by atoms with Crippen molar-refractivity contribution in [3.8, 4) is 11.1 Å². The average Bonchev–Trinajstić information content (AvgIpc) is 3.27. The van der Waals surface area contributed by atoms with Crippen LogP contribution in [0.4, 0.5) is 4.39 Å². The van der Waals surface area contributed by atoms with Crippen molar-refractivity contribution < 1.29 is 9.18 Å². The molecule has 5 nitrogen and oxygen atoms in total. The third-order valence-corrected chi connectivity index (χ3v) is 5.99. The summed E-state index contributed by atoms with van der Waals surface area (Å²) >= 11 is 0. The number of hydrogen-bond donors (Lipinski definition) is 1.